The van der Waals surface area contributed by atoms with Crippen molar-refractivity contribution in [3.05, 3.63) is 35.6 Å². The molecule has 1 atom stereocenters. The van der Waals surface area contributed by atoms with Crippen LogP contribution in [0.3, 0.4) is 0 Å². The lowest BCUT2D eigenvalue weighted by atomic mass is 9.86. The Labute approximate surface area is 139 Å². The van der Waals surface area contributed by atoms with Gasteiger partial charge in [0.25, 0.3) is 0 Å². The lowest BCUT2D eigenvalue weighted by Crippen LogP contribution is -2.42. The molecule has 2 heterocycles. The van der Waals surface area contributed by atoms with E-state index < -0.39 is 0 Å². The topological polar surface area (TPSA) is 15.3 Å². The lowest BCUT2D eigenvalue weighted by molar-refractivity contribution is 0.128. The van der Waals surface area contributed by atoms with E-state index in [1.165, 1.54) is 45.4 Å². The van der Waals surface area contributed by atoms with Crippen LogP contribution in [-0.4, -0.2) is 37.6 Å². The third-order valence-electron chi connectivity index (χ3n) is 5.24. The Morgan fingerprint density at radius 1 is 1.27 bits per heavy atom. The van der Waals surface area contributed by atoms with Gasteiger partial charge in [0.05, 0.1) is 0 Å². The summed E-state index contributed by atoms with van der Waals surface area (Å²) in [6, 6.07) is 7.24. The third-order valence-corrected chi connectivity index (χ3v) is 5.24. The van der Waals surface area contributed by atoms with Crippen LogP contribution in [0.25, 0.3) is 0 Å². The molecule has 124 valence electrons. The number of halogens is 2. The molecule has 2 nitrogen and oxygen atoms in total. The number of hydrogen-bond donors (Lipinski definition) is 1. The summed E-state index contributed by atoms with van der Waals surface area (Å²) in [5, 5.41) is 3.48. The van der Waals surface area contributed by atoms with Crippen molar-refractivity contribution >= 4 is 12.4 Å². The molecule has 0 radical (unpaired) electrons. The number of piperidine rings is 1. The fourth-order valence-electron chi connectivity index (χ4n) is 3.87. The Morgan fingerprint density at radius 2 is 2.00 bits per heavy atom. The van der Waals surface area contributed by atoms with Crippen LogP contribution in [0, 0.1) is 17.2 Å². The van der Waals surface area contributed by atoms with Gasteiger partial charge in [0, 0.05) is 13.1 Å². The Balaban J connectivity index is 0.00000176. The van der Waals surface area contributed by atoms with E-state index in [9.17, 15) is 4.39 Å². The molecule has 2 aliphatic rings. The van der Waals surface area contributed by atoms with Crippen LogP contribution < -0.4 is 5.32 Å². The molecule has 4 heteroatoms. The summed E-state index contributed by atoms with van der Waals surface area (Å²) >= 11 is 0. The first-order valence-corrected chi connectivity index (χ1v) is 8.31. The number of benzene rings is 1. The summed E-state index contributed by atoms with van der Waals surface area (Å²) in [5.74, 6) is 0.608. The smallest absolute Gasteiger partial charge is 0.126 e. The molecule has 1 unspecified atom stereocenters. The van der Waals surface area contributed by atoms with Gasteiger partial charge in [-0.25, -0.2) is 4.39 Å². The minimum absolute atomic E-state index is 0. The van der Waals surface area contributed by atoms with E-state index in [1.807, 2.05) is 12.1 Å². The number of nitrogens with zero attached hydrogens (tertiary/aromatic N) is 1. The predicted molar refractivity (Wildman–Crippen MR) is 92.1 cm³/mol. The summed E-state index contributed by atoms with van der Waals surface area (Å²) in [4.78, 5) is 2.62. The third kappa shape index (κ3) is 4.43. The van der Waals surface area contributed by atoms with Crippen LogP contribution in [0.4, 0.5) is 4.39 Å². The molecular formula is C18H28ClFN2. The highest BCUT2D eigenvalue weighted by Gasteiger charge is 2.32. The van der Waals surface area contributed by atoms with E-state index in [0.29, 0.717) is 11.3 Å². The molecule has 2 saturated heterocycles. The van der Waals surface area contributed by atoms with Gasteiger partial charge in [-0.2, -0.15) is 0 Å². The summed E-state index contributed by atoms with van der Waals surface area (Å²) in [5.41, 5.74) is 1.35. The van der Waals surface area contributed by atoms with Crippen molar-refractivity contribution in [2.75, 3.05) is 32.7 Å². The fourth-order valence-corrected chi connectivity index (χ4v) is 3.87. The SMILES string of the molecule is CC1(CN2CCC(Cc3ccccc3F)CC2)CCNC1.Cl. The van der Waals surface area contributed by atoms with Crippen molar-refractivity contribution < 1.29 is 4.39 Å². The first-order chi connectivity index (χ1) is 10.1. The first-order valence-electron chi connectivity index (χ1n) is 8.31. The second-order valence-corrected chi connectivity index (χ2v) is 7.25. The number of rotatable bonds is 4. The molecule has 2 fully saturated rings. The minimum atomic E-state index is -0.0375. The lowest BCUT2D eigenvalue weighted by Gasteiger charge is -2.37. The largest absolute Gasteiger partial charge is 0.316 e. The number of likely N-dealkylation sites (tertiary alicyclic amines) is 1. The van der Waals surface area contributed by atoms with Gasteiger partial charge in [-0.15, -0.1) is 12.4 Å². The first kappa shape index (κ1) is 17.7. The molecule has 0 bridgehead atoms. The molecule has 0 saturated carbocycles. The fraction of sp³-hybridized carbons (Fsp3) is 0.667. The van der Waals surface area contributed by atoms with Crippen LogP contribution in [0.15, 0.2) is 24.3 Å². The van der Waals surface area contributed by atoms with Crippen molar-refractivity contribution in [2.45, 2.75) is 32.6 Å². The molecule has 1 aromatic rings. The molecule has 0 amide bonds. The maximum Gasteiger partial charge on any atom is 0.126 e. The van der Waals surface area contributed by atoms with Gasteiger partial charge in [-0.05, 0) is 68.3 Å². The zero-order valence-corrected chi connectivity index (χ0v) is 14.3. The highest BCUT2D eigenvalue weighted by molar-refractivity contribution is 5.85. The van der Waals surface area contributed by atoms with Crippen LogP contribution in [0.5, 0.6) is 0 Å². The van der Waals surface area contributed by atoms with Gasteiger partial charge in [-0.3, -0.25) is 0 Å². The molecule has 2 aliphatic heterocycles. The van der Waals surface area contributed by atoms with Gasteiger partial charge in [-0.1, -0.05) is 25.1 Å². The molecule has 0 aromatic heterocycles. The van der Waals surface area contributed by atoms with Gasteiger partial charge in [0.1, 0.15) is 5.82 Å². The maximum atomic E-state index is 13.7. The van der Waals surface area contributed by atoms with Crippen molar-refractivity contribution in [1.82, 2.24) is 10.2 Å². The summed E-state index contributed by atoms with van der Waals surface area (Å²) < 4.78 is 13.7. The minimum Gasteiger partial charge on any atom is -0.316 e. The number of hydrogen-bond acceptors (Lipinski definition) is 2. The highest BCUT2D eigenvalue weighted by atomic mass is 35.5. The average molecular weight is 327 g/mol. The normalized spacial score (nSPS) is 26.8. The van der Waals surface area contributed by atoms with Gasteiger partial charge >= 0.3 is 0 Å². The maximum absolute atomic E-state index is 13.7. The summed E-state index contributed by atoms with van der Waals surface area (Å²) in [7, 11) is 0. The van der Waals surface area contributed by atoms with E-state index in [0.717, 1.165) is 18.5 Å². The van der Waals surface area contributed by atoms with E-state index in [4.69, 9.17) is 0 Å². The van der Waals surface area contributed by atoms with Crippen LogP contribution >= 0.6 is 12.4 Å². The number of nitrogens with one attached hydrogen (secondary N) is 1. The highest BCUT2D eigenvalue weighted by Crippen LogP contribution is 2.29. The van der Waals surface area contributed by atoms with Gasteiger partial charge in [0.15, 0.2) is 0 Å². The van der Waals surface area contributed by atoms with E-state index in [-0.39, 0.29) is 18.2 Å². The monoisotopic (exact) mass is 326 g/mol. The van der Waals surface area contributed by atoms with Crippen LogP contribution in [0.1, 0.15) is 31.7 Å². The quantitative estimate of drug-likeness (QED) is 0.911. The molecule has 0 aliphatic carbocycles. The molecule has 3 rings (SSSR count). The molecule has 22 heavy (non-hydrogen) atoms. The molecule has 1 aromatic carbocycles. The Morgan fingerprint density at radius 3 is 2.64 bits per heavy atom. The van der Waals surface area contributed by atoms with Gasteiger partial charge in [0.2, 0.25) is 0 Å². The summed E-state index contributed by atoms with van der Waals surface area (Å²) in [6.07, 6.45) is 4.61. The van der Waals surface area contributed by atoms with Crippen molar-refractivity contribution in [2.24, 2.45) is 11.3 Å². The van der Waals surface area contributed by atoms with Crippen molar-refractivity contribution in [3.8, 4) is 0 Å². The predicted octanol–water partition coefficient (Wildman–Crippen LogP) is 3.50. The Hall–Kier alpha value is -0.640. The van der Waals surface area contributed by atoms with Crippen molar-refractivity contribution in [1.29, 1.82) is 0 Å². The average Bonchev–Trinajstić information content (AvgIpc) is 2.90. The Kier molecular flexibility index (Phi) is 6.25. The second kappa shape index (κ2) is 7.76. The van der Waals surface area contributed by atoms with E-state index in [1.54, 1.807) is 12.1 Å². The van der Waals surface area contributed by atoms with Crippen LogP contribution in [0.2, 0.25) is 0 Å². The van der Waals surface area contributed by atoms with E-state index in [2.05, 4.69) is 17.1 Å². The molecule has 0 spiro atoms. The van der Waals surface area contributed by atoms with Gasteiger partial charge < -0.3 is 10.2 Å². The second-order valence-electron chi connectivity index (χ2n) is 7.25. The molecular weight excluding hydrogens is 299 g/mol. The summed E-state index contributed by atoms with van der Waals surface area (Å²) in [6.45, 7) is 8.29. The zero-order chi connectivity index (χ0) is 14.7. The van der Waals surface area contributed by atoms with E-state index >= 15 is 0 Å². The van der Waals surface area contributed by atoms with Crippen LogP contribution in [-0.2, 0) is 6.42 Å². The van der Waals surface area contributed by atoms with Crippen molar-refractivity contribution in [3.63, 3.8) is 0 Å². The Bertz CT molecular complexity index is 466. The standard InChI is InChI=1S/C18H27FN2.ClH/c1-18(8-9-20-13-18)14-21-10-6-15(7-11-21)12-16-4-2-3-5-17(16)19;/h2-5,15,20H,6-14H2,1H3;1H. The molecule has 1 N–H and O–H groups in total. The zero-order valence-electron chi connectivity index (χ0n) is 13.5.